The summed E-state index contributed by atoms with van der Waals surface area (Å²) in [6.07, 6.45) is 1.71. The monoisotopic (exact) mass is 237 g/mol. The molecule has 1 aromatic rings. The summed E-state index contributed by atoms with van der Waals surface area (Å²) in [5.41, 5.74) is 5.62. The molecule has 0 radical (unpaired) electrons. The quantitative estimate of drug-likeness (QED) is 0.802. The maximum Gasteiger partial charge on any atom is 0.221 e. The molecule has 0 spiro atoms. The lowest BCUT2D eigenvalue weighted by atomic mass is 10.2. The number of nitrogen functional groups attached to an aromatic ring is 1. The Kier molecular flexibility index (Phi) is 5.15. The number of aromatic nitrogens is 2. The van der Waals surface area contributed by atoms with E-state index in [9.17, 15) is 0 Å². The normalized spacial score (nSPS) is 11.2. The fourth-order valence-electron chi connectivity index (χ4n) is 1.60. The molecule has 0 bridgehead atoms. The van der Waals surface area contributed by atoms with Crippen molar-refractivity contribution in [3.05, 3.63) is 12.3 Å². The summed E-state index contributed by atoms with van der Waals surface area (Å²) in [6.45, 7) is 7.32. The zero-order valence-corrected chi connectivity index (χ0v) is 11.2. The summed E-state index contributed by atoms with van der Waals surface area (Å²) >= 11 is 0. The first-order chi connectivity index (χ1) is 7.99. The van der Waals surface area contributed by atoms with Crippen LogP contribution in [0.2, 0.25) is 0 Å². The van der Waals surface area contributed by atoms with Gasteiger partial charge in [0.2, 0.25) is 5.95 Å². The molecule has 5 nitrogen and oxygen atoms in total. The third kappa shape index (κ3) is 4.99. The van der Waals surface area contributed by atoms with Gasteiger partial charge in [-0.1, -0.05) is 13.8 Å². The average molecular weight is 237 g/mol. The van der Waals surface area contributed by atoms with Crippen molar-refractivity contribution in [1.29, 1.82) is 0 Å². The average Bonchev–Trinajstić information content (AvgIpc) is 2.23. The summed E-state index contributed by atoms with van der Waals surface area (Å²) in [7, 11) is 4.14. The van der Waals surface area contributed by atoms with Crippen LogP contribution in [0.3, 0.4) is 0 Å². The molecule has 1 heterocycles. The van der Waals surface area contributed by atoms with Crippen LogP contribution in [0.1, 0.15) is 13.8 Å². The van der Waals surface area contributed by atoms with Gasteiger partial charge in [0.05, 0.1) is 0 Å². The van der Waals surface area contributed by atoms with E-state index in [1.165, 1.54) is 0 Å². The Morgan fingerprint density at radius 2 is 2.00 bits per heavy atom. The summed E-state index contributed by atoms with van der Waals surface area (Å²) in [4.78, 5) is 12.6. The largest absolute Gasteiger partial charge is 0.368 e. The van der Waals surface area contributed by atoms with Gasteiger partial charge in [-0.2, -0.15) is 4.98 Å². The van der Waals surface area contributed by atoms with Crippen molar-refractivity contribution >= 4 is 11.8 Å². The standard InChI is InChI=1S/C12H23N5/c1-10(2)9-17(8-7-16(3)4)11-5-6-14-12(13)15-11/h5-6,10H,7-9H2,1-4H3,(H2,13,14,15). The minimum Gasteiger partial charge on any atom is -0.368 e. The summed E-state index contributed by atoms with van der Waals surface area (Å²) in [5, 5.41) is 0. The first kappa shape index (κ1) is 13.7. The number of hydrogen-bond donors (Lipinski definition) is 1. The van der Waals surface area contributed by atoms with Crippen molar-refractivity contribution in [3.63, 3.8) is 0 Å². The van der Waals surface area contributed by atoms with Crippen LogP contribution in [-0.2, 0) is 0 Å². The fraction of sp³-hybridized carbons (Fsp3) is 0.667. The number of nitrogens with two attached hydrogens (primary N) is 1. The van der Waals surface area contributed by atoms with Gasteiger partial charge in [-0.25, -0.2) is 4.98 Å². The highest BCUT2D eigenvalue weighted by atomic mass is 15.2. The molecule has 0 aliphatic carbocycles. The lowest BCUT2D eigenvalue weighted by molar-refractivity contribution is 0.408. The third-order valence-electron chi connectivity index (χ3n) is 2.39. The second-order valence-corrected chi connectivity index (χ2v) is 4.92. The van der Waals surface area contributed by atoms with Crippen molar-refractivity contribution in [2.24, 2.45) is 5.92 Å². The van der Waals surface area contributed by atoms with E-state index < -0.39 is 0 Å². The summed E-state index contributed by atoms with van der Waals surface area (Å²) in [6, 6.07) is 1.91. The zero-order chi connectivity index (χ0) is 12.8. The molecule has 17 heavy (non-hydrogen) atoms. The number of hydrogen-bond acceptors (Lipinski definition) is 5. The van der Waals surface area contributed by atoms with E-state index >= 15 is 0 Å². The van der Waals surface area contributed by atoms with Crippen LogP contribution in [0, 0.1) is 5.92 Å². The number of nitrogens with zero attached hydrogens (tertiary/aromatic N) is 4. The van der Waals surface area contributed by atoms with E-state index in [2.05, 4.69) is 47.7 Å². The first-order valence-corrected chi connectivity index (χ1v) is 5.97. The SMILES string of the molecule is CC(C)CN(CCN(C)C)c1ccnc(N)n1. The number of rotatable bonds is 6. The molecule has 0 fully saturated rings. The minimum absolute atomic E-state index is 0.334. The highest BCUT2D eigenvalue weighted by Crippen LogP contribution is 2.12. The highest BCUT2D eigenvalue weighted by Gasteiger charge is 2.10. The topological polar surface area (TPSA) is 58.3 Å². The predicted octanol–water partition coefficient (Wildman–Crippen LogP) is 1.08. The molecule has 1 aromatic heterocycles. The number of likely N-dealkylation sites (N-methyl/N-ethyl adjacent to an activating group) is 1. The van der Waals surface area contributed by atoms with Gasteiger partial charge < -0.3 is 15.5 Å². The van der Waals surface area contributed by atoms with E-state index in [1.54, 1.807) is 6.20 Å². The fourth-order valence-corrected chi connectivity index (χ4v) is 1.60. The van der Waals surface area contributed by atoms with E-state index in [0.717, 1.165) is 25.5 Å². The van der Waals surface area contributed by atoms with Crippen LogP contribution < -0.4 is 10.6 Å². The Balaban J connectivity index is 2.74. The van der Waals surface area contributed by atoms with Crippen molar-refractivity contribution < 1.29 is 0 Å². The van der Waals surface area contributed by atoms with Gasteiger partial charge in [0.15, 0.2) is 0 Å². The van der Waals surface area contributed by atoms with Crippen LogP contribution in [0.25, 0.3) is 0 Å². The van der Waals surface area contributed by atoms with Gasteiger partial charge in [0.25, 0.3) is 0 Å². The molecule has 0 saturated carbocycles. The van der Waals surface area contributed by atoms with Crippen molar-refractivity contribution in [3.8, 4) is 0 Å². The van der Waals surface area contributed by atoms with Crippen LogP contribution in [0.4, 0.5) is 11.8 Å². The zero-order valence-electron chi connectivity index (χ0n) is 11.2. The molecule has 0 unspecified atom stereocenters. The molecule has 0 atom stereocenters. The molecule has 0 saturated heterocycles. The maximum absolute atomic E-state index is 5.62. The maximum atomic E-state index is 5.62. The smallest absolute Gasteiger partial charge is 0.221 e. The summed E-state index contributed by atoms with van der Waals surface area (Å²) < 4.78 is 0. The van der Waals surface area contributed by atoms with Gasteiger partial charge in [-0.05, 0) is 26.1 Å². The highest BCUT2D eigenvalue weighted by molar-refractivity contribution is 5.40. The second kappa shape index (κ2) is 6.39. The Hall–Kier alpha value is -1.36. The molecule has 0 amide bonds. The van der Waals surface area contributed by atoms with Crippen molar-refractivity contribution in [1.82, 2.24) is 14.9 Å². The van der Waals surface area contributed by atoms with Gasteiger partial charge in [0.1, 0.15) is 5.82 Å². The molecule has 96 valence electrons. The molecule has 0 aliphatic heterocycles. The van der Waals surface area contributed by atoms with Crippen LogP contribution >= 0.6 is 0 Å². The van der Waals surface area contributed by atoms with Crippen LogP contribution in [0.5, 0.6) is 0 Å². The Bertz CT molecular complexity index is 337. The van der Waals surface area contributed by atoms with E-state index in [0.29, 0.717) is 11.9 Å². The molecular formula is C12H23N5. The molecule has 5 heteroatoms. The van der Waals surface area contributed by atoms with E-state index in [4.69, 9.17) is 5.73 Å². The van der Waals surface area contributed by atoms with Gasteiger partial charge >= 0.3 is 0 Å². The lowest BCUT2D eigenvalue weighted by Crippen LogP contribution is -2.35. The molecule has 1 rings (SSSR count). The Morgan fingerprint density at radius 1 is 1.29 bits per heavy atom. The van der Waals surface area contributed by atoms with Crippen LogP contribution in [0.15, 0.2) is 12.3 Å². The van der Waals surface area contributed by atoms with Gasteiger partial charge in [-0.3, -0.25) is 0 Å². The van der Waals surface area contributed by atoms with Crippen LogP contribution in [-0.4, -0.2) is 48.6 Å². The van der Waals surface area contributed by atoms with E-state index in [1.807, 2.05) is 6.07 Å². The van der Waals surface area contributed by atoms with Crippen molar-refractivity contribution in [2.75, 3.05) is 44.4 Å². The van der Waals surface area contributed by atoms with Gasteiger partial charge in [-0.15, -0.1) is 0 Å². The number of anilines is 2. The lowest BCUT2D eigenvalue weighted by Gasteiger charge is -2.27. The molecule has 0 aromatic carbocycles. The minimum atomic E-state index is 0.334. The third-order valence-corrected chi connectivity index (χ3v) is 2.39. The molecular weight excluding hydrogens is 214 g/mol. The van der Waals surface area contributed by atoms with E-state index in [-0.39, 0.29) is 0 Å². The predicted molar refractivity (Wildman–Crippen MR) is 72.0 cm³/mol. The molecule has 2 N–H and O–H groups in total. The van der Waals surface area contributed by atoms with Crippen molar-refractivity contribution in [2.45, 2.75) is 13.8 Å². The Morgan fingerprint density at radius 3 is 2.53 bits per heavy atom. The summed E-state index contributed by atoms with van der Waals surface area (Å²) in [5.74, 6) is 1.84. The molecule has 0 aliphatic rings. The first-order valence-electron chi connectivity index (χ1n) is 5.97. The second-order valence-electron chi connectivity index (χ2n) is 4.92. The Labute approximate surface area is 104 Å². The van der Waals surface area contributed by atoms with Gasteiger partial charge in [0, 0.05) is 25.8 Å².